The van der Waals surface area contributed by atoms with E-state index in [4.69, 9.17) is 0 Å². The summed E-state index contributed by atoms with van der Waals surface area (Å²) in [6, 6.07) is 0. The molecule has 1 aromatic heterocycles. The molecule has 0 unspecified atom stereocenters. The molecule has 5 nitrogen and oxygen atoms in total. The third-order valence-electron chi connectivity index (χ3n) is 1.67. The fourth-order valence-electron chi connectivity index (χ4n) is 0.896. The molecule has 0 atom stereocenters. The quantitative estimate of drug-likeness (QED) is 0.537. The molecule has 0 saturated heterocycles. The average Bonchev–Trinajstić information content (AvgIpc) is 2.20. The fraction of sp³-hybridized carbons (Fsp3) is 0.375. The van der Waals surface area contributed by atoms with E-state index in [1.165, 1.54) is 25.0 Å². The lowest BCUT2D eigenvalue weighted by atomic mass is 10.2. The van der Waals surface area contributed by atoms with E-state index in [2.05, 4.69) is 15.3 Å². The third-order valence-corrected chi connectivity index (χ3v) is 2.27. The number of likely N-dealkylation sites (N-methyl/N-ethyl adjacent to an activating group) is 1. The Morgan fingerprint density at radius 1 is 1.71 bits per heavy atom. The summed E-state index contributed by atoms with van der Waals surface area (Å²) in [7, 11) is 1.53. The van der Waals surface area contributed by atoms with Crippen molar-refractivity contribution in [2.45, 2.75) is 11.6 Å². The van der Waals surface area contributed by atoms with Crippen molar-refractivity contribution in [3.63, 3.8) is 0 Å². The molecule has 0 aromatic carbocycles. The van der Waals surface area contributed by atoms with Crippen molar-refractivity contribution < 1.29 is 4.79 Å². The van der Waals surface area contributed by atoms with Gasteiger partial charge in [0.25, 0.3) is 5.56 Å². The molecule has 0 radical (unpaired) electrons. The van der Waals surface area contributed by atoms with Crippen LogP contribution in [-0.4, -0.2) is 29.2 Å². The number of nitrogens with one attached hydrogen (secondary N) is 2. The van der Waals surface area contributed by atoms with Crippen LogP contribution in [-0.2, 0) is 11.2 Å². The molecule has 0 saturated carbocycles. The molecule has 0 aliphatic carbocycles. The molecule has 14 heavy (non-hydrogen) atoms. The van der Waals surface area contributed by atoms with Gasteiger partial charge in [-0.05, 0) is 6.26 Å². The highest BCUT2D eigenvalue weighted by Crippen LogP contribution is 2.04. The summed E-state index contributed by atoms with van der Waals surface area (Å²) < 4.78 is 0. The molecule has 1 rings (SSSR count). The number of rotatable bonds is 3. The first kappa shape index (κ1) is 10.8. The maximum absolute atomic E-state index is 11.4. The molecule has 1 aromatic rings. The molecular formula is C8H11N3O2S. The van der Waals surface area contributed by atoms with Crippen LogP contribution in [0.2, 0.25) is 0 Å². The molecular weight excluding hydrogens is 202 g/mol. The Hall–Kier alpha value is -1.30. The number of hydrogen-bond acceptors (Lipinski definition) is 4. The van der Waals surface area contributed by atoms with Crippen molar-refractivity contribution in [3.05, 3.63) is 22.1 Å². The van der Waals surface area contributed by atoms with Crippen molar-refractivity contribution in [2.75, 3.05) is 13.3 Å². The summed E-state index contributed by atoms with van der Waals surface area (Å²) in [5.74, 6) is -0.200. The SMILES string of the molecule is CNC(=O)Cc1cnc(SC)[nH]c1=O. The molecule has 2 N–H and O–H groups in total. The van der Waals surface area contributed by atoms with Crippen LogP contribution in [0.15, 0.2) is 16.1 Å². The lowest BCUT2D eigenvalue weighted by Crippen LogP contribution is -2.25. The molecule has 0 fully saturated rings. The van der Waals surface area contributed by atoms with Crippen LogP contribution in [0.5, 0.6) is 0 Å². The second kappa shape index (κ2) is 4.80. The Balaban J connectivity index is 2.89. The summed E-state index contributed by atoms with van der Waals surface area (Å²) in [5, 5.41) is 3.00. The molecule has 0 aliphatic rings. The Morgan fingerprint density at radius 3 is 2.93 bits per heavy atom. The average molecular weight is 213 g/mol. The minimum Gasteiger partial charge on any atom is -0.359 e. The Labute approximate surface area is 85.3 Å². The van der Waals surface area contributed by atoms with Gasteiger partial charge in [0.1, 0.15) is 0 Å². The molecule has 0 aliphatic heterocycles. The standard InChI is InChI=1S/C8H11N3O2S/c1-9-6(12)3-5-4-10-8(14-2)11-7(5)13/h4H,3H2,1-2H3,(H,9,12)(H,10,11,13). The first-order valence-electron chi connectivity index (χ1n) is 4.00. The van der Waals surface area contributed by atoms with Crippen molar-refractivity contribution in [1.82, 2.24) is 15.3 Å². The summed E-state index contributed by atoms with van der Waals surface area (Å²) >= 11 is 1.35. The van der Waals surface area contributed by atoms with Gasteiger partial charge in [-0.2, -0.15) is 0 Å². The molecule has 1 amide bonds. The van der Waals surface area contributed by atoms with E-state index in [9.17, 15) is 9.59 Å². The highest BCUT2D eigenvalue weighted by molar-refractivity contribution is 7.98. The van der Waals surface area contributed by atoms with E-state index in [-0.39, 0.29) is 17.9 Å². The van der Waals surface area contributed by atoms with E-state index >= 15 is 0 Å². The summed E-state index contributed by atoms with van der Waals surface area (Å²) in [4.78, 5) is 28.9. The zero-order chi connectivity index (χ0) is 10.6. The number of H-pyrrole nitrogens is 1. The van der Waals surface area contributed by atoms with Crippen LogP contribution in [0.1, 0.15) is 5.56 Å². The Kier molecular flexibility index (Phi) is 3.70. The topological polar surface area (TPSA) is 74.8 Å². The van der Waals surface area contributed by atoms with Gasteiger partial charge in [0, 0.05) is 18.8 Å². The monoisotopic (exact) mass is 213 g/mol. The maximum atomic E-state index is 11.4. The summed E-state index contributed by atoms with van der Waals surface area (Å²) in [6.45, 7) is 0. The predicted molar refractivity (Wildman–Crippen MR) is 54.4 cm³/mol. The number of hydrogen-bond donors (Lipinski definition) is 2. The largest absolute Gasteiger partial charge is 0.359 e. The van der Waals surface area contributed by atoms with Crippen LogP contribution in [0.25, 0.3) is 0 Å². The zero-order valence-corrected chi connectivity index (χ0v) is 8.77. The van der Waals surface area contributed by atoms with Gasteiger partial charge >= 0.3 is 0 Å². The predicted octanol–water partition coefficient (Wildman–Crippen LogP) is -0.220. The van der Waals surface area contributed by atoms with Crippen LogP contribution < -0.4 is 10.9 Å². The first-order valence-corrected chi connectivity index (χ1v) is 5.22. The normalized spacial score (nSPS) is 9.86. The van der Waals surface area contributed by atoms with E-state index in [0.717, 1.165) is 0 Å². The first-order chi connectivity index (χ1) is 6.67. The minimum absolute atomic E-state index is 0.0630. The maximum Gasteiger partial charge on any atom is 0.255 e. The lowest BCUT2D eigenvalue weighted by molar-refractivity contribution is -0.119. The zero-order valence-electron chi connectivity index (χ0n) is 7.96. The lowest BCUT2D eigenvalue weighted by Gasteiger charge is -2.00. The van der Waals surface area contributed by atoms with Crippen LogP contribution in [0, 0.1) is 0 Å². The molecule has 0 spiro atoms. The highest BCUT2D eigenvalue weighted by Gasteiger charge is 2.06. The summed E-state index contributed by atoms with van der Waals surface area (Å²) in [6.07, 6.45) is 3.31. The van der Waals surface area contributed by atoms with Gasteiger partial charge in [0.15, 0.2) is 5.16 Å². The van der Waals surface area contributed by atoms with E-state index in [0.29, 0.717) is 10.7 Å². The van der Waals surface area contributed by atoms with Crippen LogP contribution in [0.3, 0.4) is 0 Å². The molecule has 1 heterocycles. The molecule has 6 heteroatoms. The van der Waals surface area contributed by atoms with Gasteiger partial charge in [-0.3, -0.25) is 9.59 Å². The van der Waals surface area contributed by atoms with Gasteiger partial charge in [-0.15, -0.1) is 0 Å². The smallest absolute Gasteiger partial charge is 0.255 e. The van der Waals surface area contributed by atoms with Crippen molar-refractivity contribution in [3.8, 4) is 0 Å². The van der Waals surface area contributed by atoms with E-state index in [1.54, 1.807) is 0 Å². The number of nitrogens with zero attached hydrogens (tertiary/aromatic N) is 1. The number of aromatic nitrogens is 2. The van der Waals surface area contributed by atoms with E-state index in [1.807, 2.05) is 6.26 Å². The highest BCUT2D eigenvalue weighted by atomic mass is 32.2. The van der Waals surface area contributed by atoms with Crippen molar-refractivity contribution in [1.29, 1.82) is 0 Å². The van der Waals surface area contributed by atoms with Gasteiger partial charge in [0.05, 0.1) is 6.42 Å². The minimum atomic E-state index is -0.257. The van der Waals surface area contributed by atoms with E-state index < -0.39 is 0 Å². The van der Waals surface area contributed by atoms with Gasteiger partial charge in [-0.25, -0.2) is 4.98 Å². The van der Waals surface area contributed by atoms with Crippen LogP contribution in [0.4, 0.5) is 0 Å². The van der Waals surface area contributed by atoms with Gasteiger partial charge < -0.3 is 10.3 Å². The molecule has 0 bridgehead atoms. The number of thioether (sulfide) groups is 1. The van der Waals surface area contributed by atoms with Gasteiger partial charge in [0.2, 0.25) is 5.91 Å². The Morgan fingerprint density at radius 2 is 2.43 bits per heavy atom. The second-order valence-corrected chi connectivity index (χ2v) is 3.39. The van der Waals surface area contributed by atoms with Crippen molar-refractivity contribution >= 4 is 17.7 Å². The number of carbonyl (C=O) groups excluding carboxylic acids is 1. The van der Waals surface area contributed by atoms with Crippen molar-refractivity contribution in [2.24, 2.45) is 0 Å². The Bertz CT molecular complexity index is 388. The molecule has 76 valence electrons. The van der Waals surface area contributed by atoms with Gasteiger partial charge in [-0.1, -0.05) is 11.8 Å². The number of carbonyl (C=O) groups is 1. The number of aromatic amines is 1. The third kappa shape index (κ3) is 2.59. The fourth-order valence-corrected chi connectivity index (χ4v) is 1.25. The number of amides is 1. The second-order valence-electron chi connectivity index (χ2n) is 2.60. The summed E-state index contributed by atoms with van der Waals surface area (Å²) in [5.41, 5.74) is 0.120. The van der Waals surface area contributed by atoms with Crippen LogP contribution >= 0.6 is 11.8 Å².